The van der Waals surface area contributed by atoms with E-state index in [0.717, 1.165) is 31.6 Å². The summed E-state index contributed by atoms with van der Waals surface area (Å²) in [5.41, 5.74) is 0.969. The molecule has 0 saturated carbocycles. The molecule has 0 spiro atoms. The number of nitrogens with one attached hydrogen (secondary N) is 2. The number of aromatic nitrogens is 1. The first-order valence-corrected chi connectivity index (χ1v) is 6.72. The summed E-state index contributed by atoms with van der Waals surface area (Å²) in [6, 6.07) is 1.86. The Hall–Kier alpha value is -0.910. The first-order chi connectivity index (χ1) is 8.65. The molecule has 2 N–H and O–H groups in total. The molecule has 1 saturated heterocycles. The van der Waals surface area contributed by atoms with Gasteiger partial charge in [0.25, 0.3) is 0 Å². The Morgan fingerprint density at radius 2 is 2.50 bits per heavy atom. The van der Waals surface area contributed by atoms with Crippen LogP contribution in [0.4, 0.5) is 5.82 Å². The highest BCUT2D eigenvalue weighted by atomic mass is 35.5. The Bertz CT molecular complexity index is 435. The fourth-order valence-electron chi connectivity index (χ4n) is 1.78. The van der Waals surface area contributed by atoms with Gasteiger partial charge in [0, 0.05) is 19.3 Å². The van der Waals surface area contributed by atoms with E-state index in [9.17, 15) is 0 Å². The van der Waals surface area contributed by atoms with Crippen molar-refractivity contribution in [2.24, 2.45) is 0 Å². The van der Waals surface area contributed by atoms with Crippen LogP contribution in [0.2, 0.25) is 5.02 Å². The van der Waals surface area contributed by atoms with E-state index in [4.69, 9.17) is 28.6 Å². The summed E-state index contributed by atoms with van der Waals surface area (Å²) in [7, 11) is 0. The first kappa shape index (κ1) is 13.5. The number of anilines is 1. The minimum Gasteiger partial charge on any atom is -0.376 e. The van der Waals surface area contributed by atoms with Crippen LogP contribution in [0.15, 0.2) is 12.3 Å². The standard InChI is InChI=1S/C12H16ClN3OS/c1-8-5-11(14-7-10(8)13)16-12(18)15-6-9-3-2-4-17-9/h5,7,9H,2-4,6H2,1H3,(H2,14,15,16,18)/t9-/m1/s1. The van der Waals surface area contributed by atoms with Crippen molar-refractivity contribution in [1.29, 1.82) is 0 Å². The maximum atomic E-state index is 5.91. The summed E-state index contributed by atoms with van der Waals surface area (Å²) in [4.78, 5) is 4.16. The van der Waals surface area contributed by atoms with Gasteiger partial charge in [0.15, 0.2) is 5.11 Å². The van der Waals surface area contributed by atoms with Crippen molar-refractivity contribution in [3.05, 3.63) is 22.8 Å². The fourth-order valence-corrected chi connectivity index (χ4v) is 2.07. The maximum absolute atomic E-state index is 5.91. The predicted molar refractivity (Wildman–Crippen MR) is 77.2 cm³/mol. The monoisotopic (exact) mass is 285 g/mol. The maximum Gasteiger partial charge on any atom is 0.172 e. The molecule has 0 bridgehead atoms. The average molecular weight is 286 g/mol. The topological polar surface area (TPSA) is 46.2 Å². The molecular weight excluding hydrogens is 270 g/mol. The Morgan fingerprint density at radius 1 is 1.67 bits per heavy atom. The van der Waals surface area contributed by atoms with Gasteiger partial charge in [0.05, 0.1) is 11.1 Å². The van der Waals surface area contributed by atoms with Crippen LogP contribution in [-0.2, 0) is 4.74 Å². The minimum atomic E-state index is 0.268. The minimum absolute atomic E-state index is 0.268. The zero-order valence-electron chi connectivity index (χ0n) is 10.2. The molecule has 1 aliphatic heterocycles. The van der Waals surface area contributed by atoms with Crippen LogP contribution in [0, 0.1) is 6.92 Å². The number of nitrogens with zero attached hydrogens (tertiary/aromatic N) is 1. The number of thiocarbonyl (C=S) groups is 1. The summed E-state index contributed by atoms with van der Waals surface area (Å²) in [6.07, 6.45) is 4.10. The quantitative estimate of drug-likeness (QED) is 0.836. The summed E-state index contributed by atoms with van der Waals surface area (Å²) in [6.45, 7) is 3.51. The molecule has 1 aliphatic rings. The van der Waals surface area contributed by atoms with Gasteiger partial charge in [-0.25, -0.2) is 4.98 Å². The van der Waals surface area contributed by atoms with E-state index in [1.165, 1.54) is 0 Å². The Balaban J connectivity index is 1.80. The Morgan fingerprint density at radius 3 is 3.17 bits per heavy atom. The molecule has 4 nitrogen and oxygen atoms in total. The van der Waals surface area contributed by atoms with E-state index in [2.05, 4.69) is 15.6 Å². The highest BCUT2D eigenvalue weighted by molar-refractivity contribution is 7.80. The molecule has 1 aromatic heterocycles. The van der Waals surface area contributed by atoms with E-state index in [1.54, 1.807) is 6.20 Å². The third-order valence-corrected chi connectivity index (χ3v) is 3.44. The molecule has 0 radical (unpaired) electrons. The third-order valence-electron chi connectivity index (χ3n) is 2.80. The summed E-state index contributed by atoms with van der Waals surface area (Å²) < 4.78 is 5.51. The predicted octanol–water partition coefficient (Wildman–Crippen LogP) is 2.51. The van der Waals surface area contributed by atoms with E-state index in [-0.39, 0.29) is 6.10 Å². The van der Waals surface area contributed by atoms with E-state index < -0.39 is 0 Å². The summed E-state index contributed by atoms with van der Waals surface area (Å²) in [5, 5.41) is 7.37. The fraction of sp³-hybridized carbons (Fsp3) is 0.500. The Labute approximate surface area is 117 Å². The van der Waals surface area contributed by atoms with Gasteiger partial charge in [0.1, 0.15) is 5.82 Å². The average Bonchev–Trinajstić information content (AvgIpc) is 2.84. The van der Waals surface area contributed by atoms with Gasteiger partial charge < -0.3 is 15.4 Å². The van der Waals surface area contributed by atoms with Crippen LogP contribution in [0.1, 0.15) is 18.4 Å². The van der Waals surface area contributed by atoms with E-state index >= 15 is 0 Å². The summed E-state index contributed by atoms with van der Waals surface area (Å²) in [5.74, 6) is 0.696. The molecule has 0 unspecified atom stereocenters. The van der Waals surface area contributed by atoms with Crippen molar-refractivity contribution in [1.82, 2.24) is 10.3 Å². The molecule has 98 valence electrons. The van der Waals surface area contributed by atoms with Crippen molar-refractivity contribution in [2.45, 2.75) is 25.9 Å². The van der Waals surface area contributed by atoms with Crippen molar-refractivity contribution < 1.29 is 4.74 Å². The SMILES string of the molecule is Cc1cc(NC(=S)NC[C@H]2CCCO2)ncc1Cl. The lowest BCUT2D eigenvalue weighted by Crippen LogP contribution is -2.35. The molecule has 18 heavy (non-hydrogen) atoms. The molecule has 1 aromatic rings. The second-order valence-electron chi connectivity index (χ2n) is 4.29. The highest BCUT2D eigenvalue weighted by Gasteiger charge is 2.15. The van der Waals surface area contributed by atoms with Crippen LogP contribution in [-0.4, -0.2) is 29.4 Å². The molecule has 0 amide bonds. The second kappa shape index (κ2) is 6.31. The zero-order valence-corrected chi connectivity index (χ0v) is 11.8. The van der Waals surface area contributed by atoms with E-state index in [0.29, 0.717) is 16.0 Å². The van der Waals surface area contributed by atoms with Crippen molar-refractivity contribution in [2.75, 3.05) is 18.5 Å². The number of rotatable bonds is 3. The largest absolute Gasteiger partial charge is 0.376 e. The van der Waals surface area contributed by atoms with Crippen molar-refractivity contribution in [3.63, 3.8) is 0 Å². The van der Waals surface area contributed by atoms with Crippen molar-refractivity contribution >= 4 is 34.7 Å². The lowest BCUT2D eigenvalue weighted by molar-refractivity contribution is 0.114. The van der Waals surface area contributed by atoms with Gasteiger partial charge >= 0.3 is 0 Å². The highest BCUT2D eigenvalue weighted by Crippen LogP contribution is 2.16. The van der Waals surface area contributed by atoms with Gasteiger partial charge in [-0.05, 0) is 43.6 Å². The molecule has 1 atom stereocenters. The number of halogens is 1. The number of hydrogen-bond acceptors (Lipinski definition) is 3. The van der Waals surface area contributed by atoms with Crippen LogP contribution in [0.5, 0.6) is 0 Å². The molecular formula is C12H16ClN3OS. The van der Waals surface area contributed by atoms with Crippen molar-refractivity contribution in [3.8, 4) is 0 Å². The molecule has 2 rings (SSSR count). The molecule has 6 heteroatoms. The first-order valence-electron chi connectivity index (χ1n) is 5.94. The summed E-state index contributed by atoms with van der Waals surface area (Å²) >= 11 is 11.1. The van der Waals surface area contributed by atoms with Crippen LogP contribution >= 0.6 is 23.8 Å². The molecule has 2 heterocycles. The van der Waals surface area contributed by atoms with Crippen LogP contribution < -0.4 is 10.6 Å². The molecule has 0 aliphatic carbocycles. The normalized spacial score (nSPS) is 18.7. The lowest BCUT2D eigenvalue weighted by atomic mass is 10.2. The number of pyridine rings is 1. The van der Waals surface area contributed by atoms with Gasteiger partial charge in [0.2, 0.25) is 0 Å². The number of ether oxygens (including phenoxy) is 1. The molecule has 0 aromatic carbocycles. The number of hydrogen-bond donors (Lipinski definition) is 2. The molecule has 1 fully saturated rings. The van der Waals surface area contributed by atoms with Gasteiger partial charge in [-0.1, -0.05) is 11.6 Å². The van der Waals surface area contributed by atoms with Gasteiger partial charge in [-0.3, -0.25) is 0 Å². The van der Waals surface area contributed by atoms with Gasteiger partial charge in [-0.15, -0.1) is 0 Å². The Kier molecular flexibility index (Phi) is 4.74. The lowest BCUT2D eigenvalue weighted by Gasteiger charge is -2.13. The second-order valence-corrected chi connectivity index (χ2v) is 5.10. The van der Waals surface area contributed by atoms with Crippen LogP contribution in [0.25, 0.3) is 0 Å². The number of aryl methyl sites for hydroxylation is 1. The van der Waals surface area contributed by atoms with Gasteiger partial charge in [-0.2, -0.15) is 0 Å². The van der Waals surface area contributed by atoms with Crippen LogP contribution in [0.3, 0.4) is 0 Å². The smallest absolute Gasteiger partial charge is 0.172 e. The third kappa shape index (κ3) is 3.80. The zero-order chi connectivity index (χ0) is 13.0. The van der Waals surface area contributed by atoms with E-state index in [1.807, 2.05) is 13.0 Å².